The first kappa shape index (κ1) is 22.5. The maximum atomic E-state index is 12.9. The third-order valence-corrected chi connectivity index (χ3v) is 5.88. The molecule has 0 aliphatic rings. The summed E-state index contributed by atoms with van der Waals surface area (Å²) in [5.74, 6) is 0.946. The van der Waals surface area contributed by atoms with Crippen LogP contribution in [0.2, 0.25) is 0 Å². The minimum Gasteiger partial charge on any atom is -0.355 e. The van der Waals surface area contributed by atoms with Gasteiger partial charge in [-0.05, 0) is 44.0 Å². The number of benzene rings is 2. The van der Waals surface area contributed by atoms with E-state index in [9.17, 15) is 9.59 Å². The molecule has 0 saturated heterocycles. The highest BCUT2D eigenvalue weighted by atomic mass is 79.9. The number of amides is 2. The lowest BCUT2D eigenvalue weighted by Crippen LogP contribution is -2.48. The van der Waals surface area contributed by atoms with Gasteiger partial charge in [0, 0.05) is 23.3 Å². The molecule has 0 saturated carbocycles. The second-order valence-corrected chi connectivity index (χ2v) is 8.60. The Morgan fingerprint density at radius 2 is 1.86 bits per heavy atom. The summed E-state index contributed by atoms with van der Waals surface area (Å²) in [4.78, 5) is 27.0. The molecule has 150 valence electrons. The molecule has 0 aromatic heterocycles. The van der Waals surface area contributed by atoms with E-state index >= 15 is 0 Å². The summed E-state index contributed by atoms with van der Waals surface area (Å²) in [6.07, 6.45) is 0. The van der Waals surface area contributed by atoms with Crippen molar-refractivity contribution in [2.24, 2.45) is 0 Å². The predicted octanol–water partition coefficient (Wildman–Crippen LogP) is 4.54. The van der Waals surface area contributed by atoms with Crippen LogP contribution in [0.4, 0.5) is 0 Å². The number of nitrogens with zero attached hydrogens (tertiary/aromatic N) is 1. The first-order valence-electron chi connectivity index (χ1n) is 9.35. The van der Waals surface area contributed by atoms with E-state index in [1.165, 1.54) is 5.56 Å². The van der Waals surface area contributed by atoms with Crippen molar-refractivity contribution in [1.29, 1.82) is 0 Å². The number of likely N-dealkylation sites (N-methyl/N-ethyl adjacent to an activating group) is 1. The molecule has 2 amide bonds. The number of thioether (sulfide) groups is 1. The van der Waals surface area contributed by atoms with Gasteiger partial charge in [0.1, 0.15) is 6.04 Å². The first-order chi connectivity index (χ1) is 13.4. The maximum Gasteiger partial charge on any atom is 0.242 e. The monoisotopic (exact) mass is 462 g/mol. The number of rotatable bonds is 9. The Morgan fingerprint density at radius 1 is 1.14 bits per heavy atom. The summed E-state index contributed by atoms with van der Waals surface area (Å²) in [7, 11) is 0. The number of hydrogen-bond donors (Lipinski definition) is 1. The van der Waals surface area contributed by atoms with E-state index in [0.29, 0.717) is 18.8 Å². The van der Waals surface area contributed by atoms with Crippen LogP contribution in [-0.4, -0.2) is 35.1 Å². The van der Waals surface area contributed by atoms with Crippen LogP contribution in [-0.2, 0) is 21.9 Å². The summed E-state index contributed by atoms with van der Waals surface area (Å²) in [6, 6.07) is 15.6. The van der Waals surface area contributed by atoms with Crippen molar-refractivity contribution in [3.63, 3.8) is 0 Å². The standard InChI is InChI=1S/C22H27BrN2O2S/c1-4-24-22(27)17(3)25(13-19-7-5-6-16(2)12-19)21(26)15-28-14-18-8-10-20(23)11-9-18/h5-12,17H,4,13-15H2,1-3H3,(H,24,27)/t17-/m0/s1. The summed E-state index contributed by atoms with van der Waals surface area (Å²) in [5, 5.41) is 2.82. The SMILES string of the molecule is CCNC(=O)[C@H](C)N(Cc1cccc(C)c1)C(=O)CSCc1ccc(Br)cc1. The molecule has 0 bridgehead atoms. The number of halogens is 1. The molecule has 0 spiro atoms. The zero-order chi connectivity index (χ0) is 20.5. The number of aryl methyl sites for hydroxylation is 1. The van der Waals surface area contributed by atoms with Gasteiger partial charge in [-0.2, -0.15) is 0 Å². The van der Waals surface area contributed by atoms with E-state index in [0.717, 1.165) is 21.4 Å². The second kappa shape index (κ2) is 11.3. The summed E-state index contributed by atoms with van der Waals surface area (Å²) < 4.78 is 1.04. The fourth-order valence-corrected chi connectivity index (χ4v) is 3.97. The highest BCUT2D eigenvalue weighted by Gasteiger charge is 2.25. The first-order valence-corrected chi connectivity index (χ1v) is 11.3. The van der Waals surface area contributed by atoms with Crippen molar-refractivity contribution < 1.29 is 9.59 Å². The van der Waals surface area contributed by atoms with Crippen molar-refractivity contribution in [3.8, 4) is 0 Å². The lowest BCUT2D eigenvalue weighted by Gasteiger charge is -2.28. The van der Waals surface area contributed by atoms with Gasteiger partial charge in [0.15, 0.2) is 0 Å². The van der Waals surface area contributed by atoms with Crippen LogP contribution < -0.4 is 5.32 Å². The van der Waals surface area contributed by atoms with Crippen LogP contribution in [0.1, 0.15) is 30.5 Å². The highest BCUT2D eigenvalue weighted by molar-refractivity contribution is 9.10. The molecule has 0 heterocycles. The molecule has 0 fully saturated rings. The topological polar surface area (TPSA) is 49.4 Å². The van der Waals surface area contributed by atoms with Gasteiger partial charge < -0.3 is 10.2 Å². The average molecular weight is 463 g/mol. The Bertz CT molecular complexity index is 795. The van der Waals surface area contributed by atoms with E-state index in [4.69, 9.17) is 0 Å². The zero-order valence-corrected chi connectivity index (χ0v) is 19.0. The van der Waals surface area contributed by atoms with Crippen molar-refractivity contribution >= 4 is 39.5 Å². The van der Waals surface area contributed by atoms with Crippen LogP contribution in [0, 0.1) is 6.92 Å². The van der Waals surface area contributed by atoms with E-state index in [2.05, 4.69) is 27.3 Å². The quantitative estimate of drug-likeness (QED) is 0.594. The number of carbonyl (C=O) groups is 2. The molecule has 6 heteroatoms. The van der Waals surface area contributed by atoms with Gasteiger partial charge >= 0.3 is 0 Å². The Hall–Kier alpha value is -1.79. The van der Waals surface area contributed by atoms with Gasteiger partial charge in [-0.1, -0.05) is 57.9 Å². The van der Waals surface area contributed by atoms with Crippen molar-refractivity contribution in [2.45, 2.75) is 39.1 Å². The summed E-state index contributed by atoms with van der Waals surface area (Å²) in [5.41, 5.74) is 3.34. The molecule has 2 rings (SSSR count). The van der Waals surface area contributed by atoms with Gasteiger partial charge in [-0.3, -0.25) is 9.59 Å². The molecule has 0 aliphatic carbocycles. The van der Waals surface area contributed by atoms with Gasteiger partial charge in [0.05, 0.1) is 5.75 Å². The van der Waals surface area contributed by atoms with Gasteiger partial charge in [-0.15, -0.1) is 11.8 Å². The van der Waals surface area contributed by atoms with Crippen molar-refractivity contribution in [3.05, 3.63) is 69.7 Å². The number of nitrogens with one attached hydrogen (secondary N) is 1. The Kier molecular flexibility index (Phi) is 9.06. The molecular weight excluding hydrogens is 436 g/mol. The molecule has 0 aliphatic heterocycles. The fraction of sp³-hybridized carbons (Fsp3) is 0.364. The zero-order valence-electron chi connectivity index (χ0n) is 16.6. The number of hydrogen-bond acceptors (Lipinski definition) is 3. The minimum atomic E-state index is -0.513. The lowest BCUT2D eigenvalue weighted by atomic mass is 10.1. The largest absolute Gasteiger partial charge is 0.355 e. The Balaban J connectivity index is 2.04. The molecular formula is C22H27BrN2O2S. The average Bonchev–Trinajstić information content (AvgIpc) is 2.67. The molecule has 2 aromatic rings. The maximum absolute atomic E-state index is 12.9. The normalized spacial score (nSPS) is 11.7. The molecule has 4 nitrogen and oxygen atoms in total. The lowest BCUT2D eigenvalue weighted by molar-refractivity contribution is -0.138. The molecule has 28 heavy (non-hydrogen) atoms. The number of carbonyl (C=O) groups excluding carboxylic acids is 2. The van der Waals surface area contributed by atoms with E-state index in [1.54, 1.807) is 23.6 Å². The third-order valence-electron chi connectivity index (χ3n) is 4.36. The van der Waals surface area contributed by atoms with Crippen molar-refractivity contribution in [1.82, 2.24) is 10.2 Å². The molecule has 0 radical (unpaired) electrons. The molecule has 0 unspecified atom stereocenters. The van der Waals surface area contributed by atoms with Gasteiger partial charge in [-0.25, -0.2) is 0 Å². The van der Waals surface area contributed by atoms with Crippen LogP contribution in [0.5, 0.6) is 0 Å². The van der Waals surface area contributed by atoms with E-state index in [-0.39, 0.29) is 11.8 Å². The molecule has 1 N–H and O–H groups in total. The minimum absolute atomic E-state index is 0.0256. The predicted molar refractivity (Wildman–Crippen MR) is 120 cm³/mol. The van der Waals surface area contributed by atoms with E-state index < -0.39 is 6.04 Å². The fourth-order valence-electron chi connectivity index (χ4n) is 2.83. The van der Waals surface area contributed by atoms with Crippen LogP contribution in [0.3, 0.4) is 0 Å². The summed E-state index contributed by atoms with van der Waals surface area (Å²) >= 11 is 5.00. The Labute approximate surface area is 180 Å². The highest BCUT2D eigenvalue weighted by Crippen LogP contribution is 2.18. The van der Waals surface area contributed by atoms with Crippen LogP contribution in [0.15, 0.2) is 53.0 Å². The van der Waals surface area contributed by atoms with Crippen LogP contribution in [0.25, 0.3) is 0 Å². The smallest absolute Gasteiger partial charge is 0.242 e. The Morgan fingerprint density at radius 3 is 2.50 bits per heavy atom. The third kappa shape index (κ3) is 6.99. The summed E-state index contributed by atoms with van der Waals surface area (Å²) in [6.45, 7) is 6.67. The van der Waals surface area contributed by atoms with Crippen molar-refractivity contribution in [2.75, 3.05) is 12.3 Å². The van der Waals surface area contributed by atoms with Gasteiger partial charge in [0.25, 0.3) is 0 Å². The van der Waals surface area contributed by atoms with Gasteiger partial charge in [0.2, 0.25) is 11.8 Å². The van der Waals surface area contributed by atoms with E-state index in [1.807, 2.05) is 56.3 Å². The molecule has 2 aromatic carbocycles. The van der Waals surface area contributed by atoms with Crippen LogP contribution >= 0.6 is 27.7 Å². The second-order valence-electron chi connectivity index (χ2n) is 6.70. The molecule has 1 atom stereocenters.